The number of amides is 1. The standard InChI is InChI=1S/C15H29N3O/c1-15(2,3)13(17)14(19)18-12-9-5-4-6-10(12)8-11(16)7-9/h9-13H,4-8,16-17H2,1-3H3,(H,18,19)/t9?,10?,11?,12?,13-/m1/s1. The Morgan fingerprint density at radius 3 is 2.21 bits per heavy atom. The summed E-state index contributed by atoms with van der Waals surface area (Å²) in [7, 11) is 0. The molecule has 0 aromatic rings. The molecule has 2 fully saturated rings. The Kier molecular flexibility index (Phi) is 4.21. The summed E-state index contributed by atoms with van der Waals surface area (Å²) in [6.07, 6.45) is 5.76. The third kappa shape index (κ3) is 3.29. The summed E-state index contributed by atoms with van der Waals surface area (Å²) in [5.41, 5.74) is 12.0. The predicted octanol–water partition coefficient (Wildman–Crippen LogP) is 1.38. The minimum atomic E-state index is -0.441. The third-order valence-corrected chi connectivity index (χ3v) is 4.90. The fourth-order valence-corrected chi connectivity index (χ4v) is 3.67. The number of nitrogens with one attached hydrogen (secondary N) is 1. The Bertz CT molecular complexity index is 323. The van der Waals surface area contributed by atoms with Gasteiger partial charge in [-0.05, 0) is 42.9 Å². The zero-order valence-electron chi connectivity index (χ0n) is 12.5. The first kappa shape index (κ1) is 14.8. The normalized spacial score (nSPS) is 36.7. The lowest BCUT2D eigenvalue weighted by Gasteiger charge is -2.45. The van der Waals surface area contributed by atoms with Gasteiger partial charge >= 0.3 is 0 Å². The van der Waals surface area contributed by atoms with Crippen LogP contribution in [0.4, 0.5) is 0 Å². The summed E-state index contributed by atoms with van der Waals surface area (Å²) < 4.78 is 0. The molecule has 110 valence electrons. The maximum Gasteiger partial charge on any atom is 0.237 e. The average Bonchev–Trinajstić information content (AvgIpc) is 2.28. The zero-order chi connectivity index (χ0) is 14.2. The highest BCUT2D eigenvalue weighted by molar-refractivity contribution is 5.82. The summed E-state index contributed by atoms with van der Waals surface area (Å²) in [6.45, 7) is 6.03. The van der Waals surface area contributed by atoms with Crippen LogP contribution in [0.5, 0.6) is 0 Å². The Balaban J connectivity index is 2.00. The molecule has 2 unspecified atom stereocenters. The maximum absolute atomic E-state index is 12.3. The van der Waals surface area contributed by atoms with Crippen LogP contribution in [-0.2, 0) is 4.79 Å². The van der Waals surface area contributed by atoms with Crippen LogP contribution in [0.3, 0.4) is 0 Å². The summed E-state index contributed by atoms with van der Waals surface area (Å²) in [5.74, 6) is 1.11. The molecule has 0 aromatic heterocycles. The van der Waals surface area contributed by atoms with Gasteiger partial charge in [-0.3, -0.25) is 4.79 Å². The van der Waals surface area contributed by atoms with Crippen molar-refractivity contribution in [3.63, 3.8) is 0 Å². The summed E-state index contributed by atoms with van der Waals surface area (Å²) in [6, 6.07) is 0.179. The van der Waals surface area contributed by atoms with Gasteiger partial charge in [0.05, 0.1) is 6.04 Å². The first-order chi connectivity index (χ1) is 8.79. The van der Waals surface area contributed by atoms with Gasteiger partial charge in [-0.2, -0.15) is 0 Å². The second-order valence-corrected chi connectivity index (χ2v) is 7.56. The predicted molar refractivity (Wildman–Crippen MR) is 77.4 cm³/mol. The second-order valence-electron chi connectivity index (χ2n) is 7.56. The lowest BCUT2D eigenvalue weighted by Crippen LogP contribution is -2.58. The number of hydrogen-bond donors (Lipinski definition) is 3. The van der Waals surface area contributed by atoms with Crippen molar-refractivity contribution in [3.05, 3.63) is 0 Å². The van der Waals surface area contributed by atoms with Gasteiger partial charge in [0.25, 0.3) is 0 Å². The zero-order valence-corrected chi connectivity index (χ0v) is 12.5. The van der Waals surface area contributed by atoms with E-state index in [4.69, 9.17) is 11.5 Å². The van der Waals surface area contributed by atoms with Crippen molar-refractivity contribution in [3.8, 4) is 0 Å². The smallest absolute Gasteiger partial charge is 0.237 e. The SMILES string of the molecule is CC(C)(C)[C@H](N)C(=O)NC1C2CCCC1CC(N)C2. The molecule has 5 N–H and O–H groups in total. The van der Waals surface area contributed by atoms with Gasteiger partial charge in [0, 0.05) is 12.1 Å². The fourth-order valence-electron chi connectivity index (χ4n) is 3.67. The van der Waals surface area contributed by atoms with Crippen molar-refractivity contribution in [2.45, 2.75) is 71.0 Å². The van der Waals surface area contributed by atoms with Crippen molar-refractivity contribution in [2.75, 3.05) is 0 Å². The number of nitrogens with two attached hydrogens (primary N) is 2. The number of fused-ring (bicyclic) bond motifs is 2. The van der Waals surface area contributed by atoms with Gasteiger partial charge in [0.2, 0.25) is 5.91 Å². The van der Waals surface area contributed by atoms with Gasteiger partial charge < -0.3 is 16.8 Å². The van der Waals surface area contributed by atoms with Crippen molar-refractivity contribution in [2.24, 2.45) is 28.7 Å². The molecule has 0 spiro atoms. The highest BCUT2D eigenvalue weighted by Gasteiger charge is 2.41. The summed E-state index contributed by atoms with van der Waals surface area (Å²) >= 11 is 0. The molecular formula is C15H29N3O. The molecular weight excluding hydrogens is 238 g/mol. The highest BCUT2D eigenvalue weighted by atomic mass is 16.2. The van der Waals surface area contributed by atoms with Crippen LogP contribution >= 0.6 is 0 Å². The molecule has 4 heteroatoms. The Hall–Kier alpha value is -0.610. The van der Waals surface area contributed by atoms with Crippen LogP contribution in [0, 0.1) is 17.3 Å². The third-order valence-electron chi connectivity index (χ3n) is 4.90. The van der Waals surface area contributed by atoms with Crippen LogP contribution in [-0.4, -0.2) is 24.0 Å². The second kappa shape index (κ2) is 5.41. The van der Waals surface area contributed by atoms with E-state index in [0.29, 0.717) is 23.9 Å². The molecule has 2 aliphatic carbocycles. The van der Waals surface area contributed by atoms with Crippen LogP contribution in [0.25, 0.3) is 0 Å². The van der Waals surface area contributed by atoms with Gasteiger partial charge in [-0.1, -0.05) is 27.2 Å². The minimum absolute atomic E-state index is 0.00451. The monoisotopic (exact) mass is 267 g/mol. The average molecular weight is 267 g/mol. The number of carbonyl (C=O) groups excluding carboxylic acids is 1. The Labute approximate surface area is 116 Å². The van der Waals surface area contributed by atoms with E-state index in [9.17, 15) is 4.79 Å². The first-order valence-corrected chi connectivity index (χ1v) is 7.60. The molecule has 2 bridgehead atoms. The van der Waals surface area contributed by atoms with Crippen molar-refractivity contribution >= 4 is 5.91 Å². The number of hydrogen-bond acceptors (Lipinski definition) is 3. The van der Waals surface area contributed by atoms with Crippen molar-refractivity contribution < 1.29 is 4.79 Å². The number of rotatable bonds is 2. The van der Waals surface area contributed by atoms with E-state index in [1.807, 2.05) is 20.8 Å². The van der Waals surface area contributed by atoms with Gasteiger partial charge in [-0.15, -0.1) is 0 Å². The van der Waals surface area contributed by atoms with E-state index in [1.165, 1.54) is 19.3 Å². The van der Waals surface area contributed by atoms with E-state index < -0.39 is 6.04 Å². The van der Waals surface area contributed by atoms with E-state index in [0.717, 1.165) is 12.8 Å². The molecule has 0 aliphatic heterocycles. The van der Waals surface area contributed by atoms with E-state index in [1.54, 1.807) is 0 Å². The molecule has 4 nitrogen and oxygen atoms in total. The molecule has 0 radical (unpaired) electrons. The Morgan fingerprint density at radius 1 is 1.21 bits per heavy atom. The Morgan fingerprint density at radius 2 is 1.74 bits per heavy atom. The topological polar surface area (TPSA) is 81.1 Å². The van der Waals surface area contributed by atoms with Gasteiger partial charge in [0.1, 0.15) is 0 Å². The molecule has 0 aromatic carbocycles. The molecule has 0 saturated heterocycles. The van der Waals surface area contributed by atoms with E-state index in [2.05, 4.69) is 5.32 Å². The van der Waals surface area contributed by atoms with Crippen LogP contribution in [0.1, 0.15) is 52.9 Å². The van der Waals surface area contributed by atoms with E-state index >= 15 is 0 Å². The lowest BCUT2D eigenvalue weighted by atomic mass is 9.67. The molecule has 1 amide bonds. The molecule has 2 aliphatic rings. The van der Waals surface area contributed by atoms with Crippen molar-refractivity contribution in [1.82, 2.24) is 5.32 Å². The summed E-state index contributed by atoms with van der Waals surface area (Å²) in [4.78, 5) is 12.3. The lowest BCUT2D eigenvalue weighted by molar-refractivity contribution is -0.126. The molecule has 19 heavy (non-hydrogen) atoms. The van der Waals surface area contributed by atoms with Crippen LogP contribution in [0.2, 0.25) is 0 Å². The fraction of sp³-hybridized carbons (Fsp3) is 0.933. The van der Waals surface area contributed by atoms with Crippen LogP contribution in [0.15, 0.2) is 0 Å². The number of carbonyl (C=O) groups is 1. The molecule has 2 saturated carbocycles. The van der Waals surface area contributed by atoms with Gasteiger partial charge in [0.15, 0.2) is 0 Å². The largest absolute Gasteiger partial charge is 0.351 e. The minimum Gasteiger partial charge on any atom is -0.351 e. The van der Waals surface area contributed by atoms with Gasteiger partial charge in [-0.25, -0.2) is 0 Å². The highest BCUT2D eigenvalue weighted by Crippen LogP contribution is 2.39. The maximum atomic E-state index is 12.3. The van der Waals surface area contributed by atoms with E-state index in [-0.39, 0.29) is 11.3 Å². The van der Waals surface area contributed by atoms with Crippen molar-refractivity contribution in [1.29, 1.82) is 0 Å². The molecule has 0 heterocycles. The molecule has 2 rings (SSSR count). The summed E-state index contributed by atoms with van der Waals surface area (Å²) in [5, 5.41) is 3.23. The quantitative estimate of drug-likeness (QED) is 0.707. The molecule has 3 atom stereocenters. The first-order valence-electron chi connectivity index (χ1n) is 7.60. The van der Waals surface area contributed by atoms with Crippen LogP contribution < -0.4 is 16.8 Å².